The fourth-order valence-electron chi connectivity index (χ4n) is 4.26. The Balaban J connectivity index is 1.39. The minimum atomic E-state index is -0.602. The first-order valence-corrected chi connectivity index (χ1v) is 10.5. The molecule has 4 rings (SSSR count). The largest absolute Gasteiger partial charge is 0.370 e. The van der Waals surface area contributed by atoms with Gasteiger partial charge in [0.15, 0.2) is 0 Å². The molecule has 0 aliphatic carbocycles. The molecule has 0 radical (unpaired) electrons. The van der Waals surface area contributed by atoms with Gasteiger partial charge in [-0.2, -0.15) is 0 Å². The molecule has 1 aliphatic rings. The Bertz CT molecular complexity index is 1040. The number of nitrogens with one attached hydrogen (secondary N) is 3. The number of carbonyl (C=O) groups excluding carboxylic acids is 2. The number of rotatable bonds is 7. The molecule has 1 aliphatic heterocycles. The van der Waals surface area contributed by atoms with E-state index in [2.05, 4.69) is 44.8 Å². The van der Waals surface area contributed by atoms with Gasteiger partial charge in [0.25, 0.3) is 0 Å². The highest BCUT2D eigenvalue weighted by Crippen LogP contribution is 2.26. The highest BCUT2D eigenvalue weighted by molar-refractivity contribution is 5.89. The minimum Gasteiger partial charge on any atom is -0.370 e. The summed E-state index contributed by atoms with van der Waals surface area (Å²) in [7, 11) is 0. The zero-order valence-corrected chi connectivity index (χ0v) is 17.3. The lowest BCUT2D eigenvalue weighted by molar-refractivity contribution is -0.128. The molecule has 156 valence electrons. The second-order valence-electron chi connectivity index (χ2n) is 7.83. The van der Waals surface area contributed by atoms with Crippen LogP contribution in [0.2, 0.25) is 0 Å². The first-order chi connectivity index (χ1) is 14.6. The molecule has 1 atom stereocenters. The van der Waals surface area contributed by atoms with Gasteiger partial charge in [-0.1, -0.05) is 36.4 Å². The maximum Gasteiger partial charge on any atom is 0.242 e. The lowest BCUT2D eigenvalue weighted by Gasteiger charge is -2.31. The molecule has 3 N–H and O–H groups in total. The van der Waals surface area contributed by atoms with Crippen molar-refractivity contribution < 1.29 is 9.59 Å². The van der Waals surface area contributed by atoms with E-state index in [1.165, 1.54) is 18.2 Å². The number of aromatic amines is 1. The Labute approximate surface area is 176 Å². The predicted molar refractivity (Wildman–Crippen MR) is 120 cm³/mol. The summed E-state index contributed by atoms with van der Waals surface area (Å²) in [5, 5.41) is 6.90. The van der Waals surface area contributed by atoms with E-state index in [4.69, 9.17) is 0 Å². The molecule has 0 bridgehead atoms. The fourth-order valence-corrected chi connectivity index (χ4v) is 4.26. The van der Waals surface area contributed by atoms with Crippen LogP contribution in [-0.2, 0) is 22.4 Å². The summed E-state index contributed by atoms with van der Waals surface area (Å²) >= 11 is 0. The topological polar surface area (TPSA) is 77.2 Å². The smallest absolute Gasteiger partial charge is 0.242 e. The molecule has 0 saturated carbocycles. The van der Waals surface area contributed by atoms with E-state index < -0.39 is 6.04 Å². The molecular weight excluding hydrogens is 376 g/mol. The van der Waals surface area contributed by atoms with Crippen molar-refractivity contribution in [2.75, 3.05) is 24.5 Å². The molecule has 6 nitrogen and oxygen atoms in total. The summed E-state index contributed by atoms with van der Waals surface area (Å²) in [4.78, 5) is 30.1. The van der Waals surface area contributed by atoms with Crippen LogP contribution < -0.4 is 15.5 Å². The van der Waals surface area contributed by atoms with Crippen LogP contribution in [0.3, 0.4) is 0 Å². The number of H-pyrrole nitrogens is 1. The van der Waals surface area contributed by atoms with E-state index in [9.17, 15) is 9.59 Å². The number of anilines is 1. The van der Waals surface area contributed by atoms with E-state index in [0.717, 1.165) is 42.4 Å². The summed E-state index contributed by atoms with van der Waals surface area (Å²) in [6, 6.07) is 15.8. The number of aromatic nitrogens is 1. The fraction of sp³-hybridized carbons (Fsp3) is 0.333. The first kappa shape index (κ1) is 20.0. The molecule has 3 aromatic rings. The highest BCUT2D eigenvalue weighted by atomic mass is 16.2. The Kier molecular flexibility index (Phi) is 6.02. The number of amides is 2. The Morgan fingerprint density at radius 1 is 1.13 bits per heavy atom. The van der Waals surface area contributed by atoms with E-state index in [1.807, 2.05) is 30.5 Å². The van der Waals surface area contributed by atoms with Crippen LogP contribution in [0, 0.1) is 0 Å². The number of hydrogen-bond acceptors (Lipinski definition) is 3. The van der Waals surface area contributed by atoms with E-state index in [1.54, 1.807) is 0 Å². The molecule has 1 aromatic heterocycles. The van der Waals surface area contributed by atoms with Gasteiger partial charge < -0.3 is 20.5 Å². The standard InChI is InChI=1S/C24H28N4O2/c1-17(29)27-22(15-19-16-26-21-10-4-3-9-20(19)21)24(30)25-12-14-28-13-6-8-18-7-2-5-11-23(18)28/h2-5,7,9-11,16,22,26H,6,8,12-15H2,1H3,(H,25,30)(H,27,29). The van der Waals surface area contributed by atoms with Gasteiger partial charge in [0.05, 0.1) is 0 Å². The van der Waals surface area contributed by atoms with Crippen molar-refractivity contribution in [3.8, 4) is 0 Å². The number of fused-ring (bicyclic) bond motifs is 2. The van der Waals surface area contributed by atoms with Crippen molar-refractivity contribution in [1.82, 2.24) is 15.6 Å². The van der Waals surface area contributed by atoms with E-state index >= 15 is 0 Å². The van der Waals surface area contributed by atoms with Crippen LogP contribution in [0.25, 0.3) is 10.9 Å². The van der Waals surface area contributed by atoms with Crippen LogP contribution in [0.1, 0.15) is 24.5 Å². The zero-order chi connectivity index (χ0) is 20.9. The van der Waals surface area contributed by atoms with Crippen LogP contribution in [0.15, 0.2) is 54.7 Å². The molecule has 0 spiro atoms. The van der Waals surface area contributed by atoms with E-state index in [0.29, 0.717) is 13.0 Å². The normalized spacial score (nSPS) is 14.2. The van der Waals surface area contributed by atoms with Crippen LogP contribution >= 0.6 is 0 Å². The Morgan fingerprint density at radius 2 is 1.93 bits per heavy atom. The monoisotopic (exact) mass is 404 g/mol. The van der Waals surface area contributed by atoms with Crippen molar-refractivity contribution in [2.24, 2.45) is 0 Å². The van der Waals surface area contributed by atoms with Gasteiger partial charge in [-0.25, -0.2) is 0 Å². The minimum absolute atomic E-state index is 0.152. The number of benzene rings is 2. The zero-order valence-electron chi connectivity index (χ0n) is 17.3. The summed E-state index contributed by atoms with van der Waals surface area (Å²) in [6.45, 7) is 3.73. The summed E-state index contributed by atoms with van der Waals surface area (Å²) in [5.41, 5.74) is 4.67. The molecule has 2 heterocycles. The quantitative estimate of drug-likeness (QED) is 0.567. The molecular formula is C24H28N4O2. The average Bonchev–Trinajstić information content (AvgIpc) is 3.16. The molecule has 2 amide bonds. The summed E-state index contributed by atoms with van der Waals surface area (Å²) in [5.74, 6) is -0.360. The number of para-hydroxylation sites is 2. The second kappa shape index (κ2) is 9.03. The van der Waals surface area contributed by atoms with Crippen molar-refractivity contribution in [3.63, 3.8) is 0 Å². The Morgan fingerprint density at radius 3 is 2.80 bits per heavy atom. The maximum absolute atomic E-state index is 12.9. The summed E-state index contributed by atoms with van der Waals surface area (Å²) in [6.07, 6.45) is 4.59. The molecule has 30 heavy (non-hydrogen) atoms. The van der Waals surface area contributed by atoms with Gasteiger partial charge in [-0.05, 0) is 36.1 Å². The van der Waals surface area contributed by atoms with Crippen molar-refractivity contribution >= 4 is 28.4 Å². The first-order valence-electron chi connectivity index (χ1n) is 10.5. The van der Waals surface area contributed by atoms with Gasteiger partial charge >= 0.3 is 0 Å². The molecule has 0 saturated heterocycles. The number of hydrogen-bond donors (Lipinski definition) is 3. The Hall–Kier alpha value is -3.28. The molecule has 2 aromatic carbocycles. The third-order valence-electron chi connectivity index (χ3n) is 5.68. The van der Waals surface area contributed by atoms with Gasteiger partial charge in [-0.15, -0.1) is 0 Å². The van der Waals surface area contributed by atoms with Crippen molar-refractivity contribution in [3.05, 3.63) is 65.9 Å². The number of carbonyl (C=O) groups is 2. The van der Waals surface area contributed by atoms with Crippen molar-refractivity contribution in [1.29, 1.82) is 0 Å². The van der Waals surface area contributed by atoms with Gasteiger partial charge in [0, 0.05) is 55.8 Å². The van der Waals surface area contributed by atoms with Gasteiger partial charge in [0.1, 0.15) is 6.04 Å². The lowest BCUT2D eigenvalue weighted by Crippen LogP contribution is -2.49. The predicted octanol–water partition coefficient (Wildman–Crippen LogP) is 2.78. The number of aryl methyl sites for hydroxylation is 1. The van der Waals surface area contributed by atoms with Crippen LogP contribution in [0.5, 0.6) is 0 Å². The maximum atomic E-state index is 12.9. The third kappa shape index (κ3) is 4.48. The van der Waals surface area contributed by atoms with Gasteiger partial charge in [0.2, 0.25) is 11.8 Å². The molecule has 0 fully saturated rings. The molecule has 6 heteroatoms. The second-order valence-corrected chi connectivity index (χ2v) is 7.83. The van der Waals surface area contributed by atoms with Crippen LogP contribution in [-0.4, -0.2) is 42.5 Å². The lowest BCUT2D eigenvalue weighted by atomic mass is 10.0. The SMILES string of the molecule is CC(=O)NC(Cc1c[nH]c2ccccc12)C(=O)NCCN1CCCc2ccccc21. The summed E-state index contributed by atoms with van der Waals surface area (Å²) < 4.78 is 0. The average molecular weight is 405 g/mol. The highest BCUT2D eigenvalue weighted by Gasteiger charge is 2.22. The van der Waals surface area contributed by atoms with Crippen LogP contribution in [0.4, 0.5) is 5.69 Å². The third-order valence-corrected chi connectivity index (χ3v) is 5.68. The van der Waals surface area contributed by atoms with E-state index in [-0.39, 0.29) is 11.8 Å². The van der Waals surface area contributed by atoms with Crippen molar-refractivity contribution in [2.45, 2.75) is 32.2 Å². The molecule has 1 unspecified atom stereocenters. The van der Waals surface area contributed by atoms with Gasteiger partial charge in [-0.3, -0.25) is 9.59 Å². The number of nitrogens with zero attached hydrogens (tertiary/aromatic N) is 1.